The molecule has 0 saturated carbocycles. The minimum absolute atomic E-state index is 0.0722. The van der Waals surface area contributed by atoms with Gasteiger partial charge in [0.2, 0.25) is 0 Å². The van der Waals surface area contributed by atoms with Crippen molar-refractivity contribution < 1.29 is 9.84 Å². The third kappa shape index (κ3) is 3.31. The van der Waals surface area contributed by atoms with E-state index in [9.17, 15) is 9.90 Å². The molecule has 2 N–H and O–H groups in total. The van der Waals surface area contributed by atoms with E-state index < -0.39 is 11.2 Å². The second-order valence-electron chi connectivity index (χ2n) is 4.72. The van der Waals surface area contributed by atoms with Gasteiger partial charge >= 0.3 is 0 Å². The van der Waals surface area contributed by atoms with E-state index in [1.807, 2.05) is 0 Å². The molecule has 0 bridgehead atoms. The highest BCUT2D eigenvalue weighted by Gasteiger charge is 2.30. The van der Waals surface area contributed by atoms with E-state index in [1.54, 1.807) is 0 Å². The lowest BCUT2D eigenvalue weighted by Gasteiger charge is -2.32. The van der Waals surface area contributed by atoms with Gasteiger partial charge in [-0.2, -0.15) is 5.10 Å². The van der Waals surface area contributed by atoms with Gasteiger partial charge in [0.05, 0.1) is 16.8 Å². The normalized spacial score (nSPS) is 17.4. The zero-order chi connectivity index (χ0) is 14.6. The van der Waals surface area contributed by atoms with Crippen LogP contribution in [0.25, 0.3) is 0 Å². The van der Waals surface area contributed by atoms with Crippen molar-refractivity contribution in [1.29, 1.82) is 0 Å². The zero-order valence-corrected chi connectivity index (χ0v) is 11.7. The molecule has 1 aliphatic heterocycles. The summed E-state index contributed by atoms with van der Waals surface area (Å²) in [4.78, 5) is 12.1. The summed E-state index contributed by atoms with van der Waals surface area (Å²) in [6.45, 7) is 1.31. The number of nitrogens with zero attached hydrogens (tertiary/aromatic N) is 2. The number of terminal acetylenes is 1. The molecule has 2 rings (SSSR count). The van der Waals surface area contributed by atoms with Gasteiger partial charge in [-0.1, -0.05) is 17.5 Å². The summed E-state index contributed by atoms with van der Waals surface area (Å²) in [5, 5.41) is 17.3. The first-order valence-electron chi connectivity index (χ1n) is 6.29. The molecule has 108 valence electrons. The van der Waals surface area contributed by atoms with Crippen molar-refractivity contribution in [3.8, 4) is 12.3 Å². The molecule has 0 spiro atoms. The van der Waals surface area contributed by atoms with Crippen LogP contribution in [0.2, 0.25) is 5.02 Å². The van der Waals surface area contributed by atoms with Crippen LogP contribution in [0.1, 0.15) is 12.8 Å². The Morgan fingerprint density at radius 1 is 1.60 bits per heavy atom. The standard InChI is InChI=1S/C13H16ClN3O3/c1-2-5-17-12(18)11(10(14)8-16-17)15-9-13(19)3-6-20-7-4-13/h1,8,15,19H,3-7,9H2. The van der Waals surface area contributed by atoms with Crippen LogP contribution >= 0.6 is 11.6 Å². The van der Waals surface area contributed by atoms with Crippen LogP contribution in [-0.4, -0.2) is 40.2 Å². The van der Waals surface area contributed by atoms with E-state index in [1.165, 1.54) is 6.20 Å². The van der Waals surface area contributed by atoms with E-state index >= 15 is 0 Å². The first-order chi connectivity index (χ1) is 9.56. The van der Waals surface area contributed by atoms with Gasteiger partial charge in [0, 0.05) is 32.6 Å². The number of rotatable bonds is 4. The minimum Gasteiger partial charge on any atom is -0.388 e. The summed E-state index contributed by atoms with van der Waals surface area (Å²) < 4.78 is 6.34. The third-order valence-corrected chi connectivity index (χ3v) is 3.54. The van der Waals surface area contributed by atoms with Gasteiger partial charge in [-0.05, 0) is 0 Å². The van der Waals surface area contributed by atoms with Crippen LogP contribution in [0.5, 0.6) is 0 Å². The summed E-state index contributed by atoms with van der Waals surface area (Å²) >= 11 is 5.97. The Hall–Kier alpha value is -1.55. The van der Waals surface area contributed by atoms with Crippen molar-refractivity contribution >= 4 is 17.3 Å². The number of hydrogen-bond donors (Lipinski definition) is 2. The first-order valence-corrected chi connectivity index (χ1v) is 6.67. The number of nitrogens with one attached hydrogen (secondary N) is 1. The van der Waals surface area contributed by atoms with E-state index in [4.69, 9.17) is 22.8 Å². The number of anilines is 1. The van der Waals surface area contributed by atoms with Gasteiger partial charge in [-0.15, -0.1) is 6.42 Å². The molecule has 1 aromatic rings. The number of aliphatic hydroxyl groups is 1. The maximum atomic E-state index is 12.1. The maximum Gasteiger partial charge on any atom is 0.292 e. The molecule has 7 heteroatoms. The van der Waals surface area contributed by atoms with Crippen molar-refractivity contribution in [3.05, 3.63) is 21.6 Å². The SMILES string of the molecule is C#CCn1ncc(Cl)c(NCC2(O)CCOCC2)c1=O. The smallest absolute Gasteiger partial charge is 0.292 e. The Kier molecular flexibility index (Phi) is 4.65. The van der Waals surface area contributed by atoms with Gasteiger partial charge in [0.1, 0.15) is 12.2 Å². The predicted molar refractivity (Wildman–Crippen MR) is 75.8 cm³/mol. The second kappa shape index (κ2) is 6.27. The molecule has 0 aliphatic carbocycles. The lowest BCUT2D eigenvalue weighted by molar-refractivity contribution is -0.0543. The summed E-state index contributed by atoms with van der Waals surface area (Å²) in [6.07, 6.45) is 7.56. The van der Waals surface area contributed by atoms with E-state index in [0.717, 1.165) is 4.68 Å². The molecule has 0 aromatic carbocycles. The topological polar surface area (TPSA) is 76.4 Å². The minimum atomic E-state index is -0.895. The Labute approximate surface area is 121 Å². The fraction of sp³-hybridized carbons (Fsp3) is 0.538. The number of aromatic nitrogens is 2. The quantitative estimate of drug-likeness (QED) is 0.791. The van der Waals surface area contributed by atoms with Crippen LogP contribution in [0.15, 0.2) is 11.0 Å². The Morgan fingerprint density at radius 2 is 2.30 bits per heavy atom. The molecule has 1 aromatic heterocycles. The van der Waals surface area contributed by atoms with E-state index in [-0.39, 0.29) is 23.8 Å². The average molecular weight is 298 g/mol. The summed E-state index contributed by atoms with van der Waals surface area (Å²) in [5.41, 5.74) is -1.09. The molecule has 6 nitrogen and oxygen atoms in total. The van der Waals surface area contributed by atoms with Crippen molar-refractivity contribution in [2.75, 3.05) is 25.1 Å². The van der Waals surface area contributed by atoms with Crippen molar-refractivity contribution in [2.45, 2.75) is 25.0 Å². The first kappa shape index (κ1) is 14.9. The molecule has 20 heavy (non-hydrogen) atoms. The molecule has 0 atom stereocenters. The van der Waals surface area contributed by atoms with Gasteiger partial charge in [-0.25, -0.2) is 4.68 Å². The van der Waals surface area contributed by atoms with Crippen molar-refractivity contribution in [2.24, 2.45) is 0 Å². The molecule has 2 heterocycles. The highest BCUT2D eigenvalue weighted by molar-refractivity contribution is 6.33. The monoisotopic (exact) mass is 297 g/mol. The highest BCUT2D eigenvalue weighted by Crippen LogP contribution is 2.22. The molecular formula is C13H16ClN3O3. The van der Waals surface area contributed by atoms with Crippen LogP contribution in [0.4, 0.5) is 5.69 Å². The number of halogens is 1. The summed E-state index contributed by atoms with van der Waals surface area (Å²) in [5.74, 6) is 2.35. The highest BCUT2D eigenvalue weighted by atomic mass is 35.5. The fourth-order valence-corrected chi connectivity index (χ4v) is 2.20. The molecule has 1 aliphatic rings. The van der Waals surface area contributed by atoms with Gasteiger partial charge in [-0.3, -0.25) is 4.79 Å². The summed E-state index contributed by atoms with van der Waals surface area (Å²) in [7, 11) is 0. The van der Waals surface area contributed by atoms with Gasteiger partial charge in [0.25, 0.3) is 5.56 Å². The Morgan fingerprint density at radius 3 is 2.95 bits per heavy atom. The Bertz CT molecular complexity index is 573. The van der Waals surface area contributed by atoms with E-state index in [0.29, 0.717) is 26.1 Å². The largest absolute Gasteiger partial charge is 0.388 e. The van der Waals surface area contributed by atoms with Crippen molar-refractivity contribution in [1.82, 2.24) is 9.78 Å². The van der Waals surface area contributed by atoms with E-state index in [2.05, 4.69) is 16.3 Å². The predicted octanol–water partition coefficient (Wildman–Crippen LogP) is 0.483. The molecule has 1 fully saturated rings. The Balaban J connectivity index is 2.15. The molecule has 0 radical (unpaired) electrons. The summed E-state index contributed by atoms with van der Waals surface area (Å²) in [6, 6.07) is 0. The lowest BCUT2D eigenvalue weighted by atomic mass is 9.94. The van der Waals surface area contributed by atoms with Crippen LogP contribution in [0.3, 0.4) is 0 Å². The molecular weight excluding hydrogens is 282 g/mol. The van der Waals surface area contributed by atoms with Gasteiger partial charge < -0.3 is 15.2 Å². The lowest BCUT2D eigenvalue weighted by Crippen LogP contribution is -2.43. The van der Waals surface area contributed by atoms with Crippen LogP contribution in [-0.2, 0) is 11.3 Å². The number of hydrogen-bond acceptors (Lipinski definition) is 5. The third-order valence-electron chi connectivity index (χ3n) is 3.26. The zero-order valence-electron chi connectivity index (χ0n) is 10.9. The van der Waals surface area contributed by atoms with Gasteiger partial charge in [0.15, 0.2) is 0 Å². The number of ether oxygens (including phenoxy) is 1. The molecule has 0 amide bonds. The molecule has 1 saturated heterocycles. The van der Waals surface area contributed by atoms with Crippen LogP contribution < -0.4 is 10.9 Å². The van der Waals surface area contributed by atoms with Crippen LogP contribution in [0, 0.1) is 12.3 Å². The average Bonchev–Trinajstić information content (AvgIpc) is 2.43. The molecule has 0 unspecified atom stereocenters. The maximum absolute atomic E-state index is 12.1. The van der Waals surface area contributed by atoms with Crippen molar-refractivity contribution in [3.63, 3.8) is 0 Å². The second-order valence-corrected chi connectivity index (χ2v) is 5.13. The fourth-order valence-electron chi connectivity index (χ4n) is 2.01.